The van der Waals surface area contributed by atoms with Crippen molar-refractivity contribution in [1.29, 1.82) is 0 Å². The van der Waals surface area contributed by atoms with E-state index in [0.29, 0.717) is 4.78 Å². The summed E-state index contributed by atoms with van der Waals surface area (Å²) >= 11 is 0. The molecule has 0 saturated heterocycles. The molecule has 0 unspecified atom stereocenters. The maximum atomic E-state index is 2.71. The summed E-state index contributed by atoms with van der Waals surface area (Å²) in [6.45, 7) is 9.79. The van der Waals surface area contributed by atoms with Crippen LogP contribution in [0.4, 0.5) is 0 Å². The van der Waals surface area contributed by atoms with Gasteiger partial charge in [-0.3, -0.25) is 0 Å². The van der Waals surface area contributed by atoms with E-state index < -0.39 is 16.6 Å². The minimum absolute atomic E-state index is 0. The van der Waals surface area contributed by atoms with Crippen LogP contribution in [0.2, 0.25) is 41.0 Å². The summed E-state index contributed by atoms with van der Waals surface area (Å²) in [6.07, 6.45) is 7.76. The summed E-state index contributed by atoms with van der Waals surface area (Å²) in [7, 11) is -3.50. The molecule has 0 radical (unpaired) electrons. The van der Waals surface area contributed by atoms with Crippen molar-refractivity contribution in [2.75, 3.05) is 0 Å². The number of halogens is 2. The molecule has 1 aliphatic rings. The molecule has 0 N–H and O–H groups in total. The van der Waals surface area contributed by atoms with Crippen LogP contribution < -0.4 is 10.6 Å². The van der Waals surface area contributed by atoms with Gasteiger partial charge in [-0.25, -0.2) is 0 Å². The fourth-order valence-corrected chi connectivity index (χ4v) is 37.6. The molecule has 3 rings (SSSR count). The first-order chi connectivity index (χ1) is 12.8. The third-order valence-electron chi connectivity index (χ3n) is 7.35. The summed E-state index contributed by atoms with van der Waals surface area (Å²) in [6, 6.07) is 18.9. The van der Waals surface area contributed by atoms with Crippen molar-refractivity contribution in [2.45, 2.75) is 54.9 Å². The van der Waals surface area contributed by atoms with E-state index in [1.54, 1.807) is 10.6 Å². The van der Waals surface area contributed by atoms with Crippen LogP contribution in [0.3, 0.4) is 0 Å². The van der Waals surface area contributed by atoms with Gasteiger partial charge in [0, 0.05) is 0 Å². The quantitative estimate of drug-likeness (QED) is 0.273. The molecule has 0 amide bonds. The molecule has 0 fully saturated rings. The minimum atomic E-state index is -3.13. The van der Waals surface area contributed by atoms with Crippen molar-refractivity contribution < 1.29 is 10.3 Å². The maximum Gasteiger partial charge on any atom is -0.147 e. The summed E-state index contributed by atoms with van der Waals surface area (Å²) in [4.78, 5) is 0. The number of hydrogen-bond donors (Lipinski definition) is 0. The Kier molecular flexibility index (Phi) is 7.90. The first-order valence-electron chi connectivity index (χ1n) is 10.1. The van der Waals surface area contributed by atoms with Crippen LogP contribution >= 0.6 is 32.3 Å². The van der Waals surface area contributed by atoms with Gasteiger partial charge in [0.2, 0.25) is 0 Å². The first-order valence-corrected chi connectivity index (χ1v) is 22.9. The number of rotatable bonds is 5. The fraction of sp³-hybridized carbons (Fsp3) is 0.360. The second kappa shape index (κ2) is 8.55. The van der Waals surface area contributed by atoms with E-state index in [9.17, 15) is 0 Å². The van der Waals surface area contributed by atoms with E-state index >= 15 is 0 Å². The molecule has 0 nitrogen and oxygen atoms in total. The minimum Gasteiger partial charge on any atom is -0.147 e. The summed E-state index contributed by atoms with van der Waals surface area (Å²) in [5.74, 6) is 10.8. The summed E-state index contributed by atoms with van der Waals surface area (Å²) < 4.78 is 0.607. The van der Waals surface area contributed by atoms with Gasteiger partial charge in [0.15, 0.2) is 0 Å². The molecule has 2 aromatic carbocycles. The van der Waals surface area contributed by atoms with Gasteiger partial charge in [-0.05, 0) is 0 Å². The van der Waals surface area contributed by atoms with Crippen LogP contribution in [0.15, 0.2) is 72.8 Å². The van der Waals surface area contributed by atoms with Gasteiger partial charge >= 0.3 is 173 Å². The molecule has 0 bridgehead atoms. The number of benzene rings is 2. The Hall–Kier alpha value is -0.321. The van der Waals surface area contributed by atoms with Gasteiger partial charge in [0.25, 0.3) is 0 Å². The predicted molar refractivity (Wildman–Crippen MR) is 146 cm³/mol. The monoisotopic (exact) mass is 520 g/mol. The fourth-order valence-electron chi connectivity index (χ4n) is 4.03. The van der Waals surface area contributed by atoms with Crippen LogP contribution in [-0.4, -0.2) is 6.30 Å². The van der Waals surface area contributed by atoms with Gasteiger partial charge in [-0.2, -0.15) is 0 Å². The Labute approximate surface area is 197 Å². The Balaban J connectivity index is 0.00000225. The molecule has 0 spiro atoms. The zero-order chi connectivity index (χ0) is 20.9. The first kappa shape index (κ1) is 27.7. The maximum absolute atomic E-state index is 3.13. The Bertz CT molecular complexity index is 881. The molecule has 0 heterocycles. The van der Waals surface area contributed by atoms with Crippen LogP contribution in [-0.2, 0) is 10.3 Å². The molecule has 168 valence electrons. The van der Waals surface area contributed by atoms with Crippen molar-refractivity contribution in [1.82, 2.24) is 0 Å². The van der Waals surface area contributed by atoms with E-state index in [0.717, 1.165) is 0 Å². The smallest absolute Gasteiger partial charge is 0.147 e. The SMILES string of the molecule is Cc1ccc(P(c2ccc(C)cc2)[Si](C)(C)[Cr]([CH3])([CH3])([CH3])([CH3])[CH]2C=CC=C2)cc1.Cl.Cl. The molecule has 0 saturated carbocycles. The normalized spacial score (nSPS) is 16.6. The molecule has 0 atom stereocenters. The molecule has 5 heteroatoms. The van der Waals surface area contributed by atoms with Gasteiger partial charge in [-0.15, -0.1) is 24.8 Å². The Morgan fingerprint density at radius 3 is 1.33 bits per heavy atom. The van der Waals surface area contributed by atoms with E-state index in [1.807, 2.05) is 0 Å². The summed E-state index contributed by atoms with van der Waals surface area (Å²) in [5.41, 5.74) is 2.69. The van der Waals surface area contributed by atoms with Gasteiger partial charge in [0.1, 0.15) is 0 Å². The molecule has 2 aromatic rings. The average molecular weight is 522 g/mol. The Morgan fingerprint density at radius 2 is 1.00 bits per heavy atom. The van der Waals surface area contributed by atoms with E-state index in [4.69, 9.17) is 0 Å². The van der Waals surface area contributed by atoms with Gasteiger partial charge < -0.3 is 0 Å². The number of allylic oxidation sites excluding steroid dienone is 4. The Morgan fingerprint density at radius 1 is 0.667 bits per heavy atom. The van der Waals surface area contributed by atoms with E-state index in [2.05, 4.69) is 123 Å². The zero-order valence-electron chi connectivity index (χ0n) is 19.7. The average Bonchev–Trinajstić information content (AvgIpc) is 3.14. The third-order valence-corrected chi connectivity index (χ3v) is 59.2. The second-order valence-electron chi connectivity index (χ2n) is 11.0. The molecular weight excluding hydrogens is 482 g/mol. The van der Waals surface area contributed by atoms with Crippen molar-refractivity contribution in [2.24, 2.45) is 0 Å². The largest absolute Gasteiger partial charge is 0.147 e. The van der Waals surface area contributed by atoms with Crippen molar-refractivity contribution >= 4 is 49.2 Å². The van der Waals surface area contributed by atoms with Crippen molar-refractivity contribution in [3.8, 4) is 0 Å². The van der Waals surface area contributed by atoms with Gasteiger partial charge in [0.05, 0.1) is 0 Å². The third kappa shape index (κ3) is 4.57. The summed E-state index contributed by atoms with van der Waals surface area (Å²) in [5, 5.41) is 3.12. The van der Waals surface area contributed by atoms with Crippen LogP contribution in [0, 0.1) is 13.8 Å². The molecule has 0 aromatic heterocycles. The van der Waals surface area contributed by atoms with Crippen LogP contribution in [0.1, 0.15) is 11.1 Å². The molecule has 30 heavy (non-hydrogen) atoms. The van der Waals surface area contributed by atoms with E-state index in [1.165, 1.54) is 11.1 Å². The molecule has 0 aliphatic heterocycles. The molecular formula is C25H39Cl2CrPSi. The molecule has 1 aliphatic carbocycles. The topological polar surface area (TPSA) is 0 Å². The van der Waals surface area contributed by atoms with Gasteiger partial charge in [-0.1, -0.05) is 0 Å². The number of aryl methyl sites for hydroxylation is 2. The van der Waals surface area contributed by atoms with Crippen molar-refractivity contribution in [3.63, 3.8) is 0 Å². The van der Waals surface area contributed by atoms with Crippen LogP contribution in [0.5, 0.6) is 0 Å². The van der Waals surface area contributed by atoms with Crippen LogP contribution in [0.25, 0.3) is 0 Å². The van der Waals surface area contributed by atoms with E-state index in [-0.39, 0.29) is 32.3 Å². The number of hydrogen-bond acceptors (Lipinski definition) is 0. The predicted octanol–water partition coefficient (Wildman–Crippen LogP) is 8.61. The standard InChI is InChI=1S/C16H20PSi.C5H5.4CH3.2ClH.Cr/c1-13-5-9-15(10-6-13)17(18(3)4)16-11-7-14(2)8-12-16;1-2-4-5-3-1;;;;;;;/h5-12H,1-4H3;1-5H;4*1H3;2*1H;. The van der Waals surface area contributed by atoms with Crippen molar-refractivity contribution in [3.05, 3.63) is 84.0 Å². The second-order valence-corrected chi connectivity index (χ2v) is 48.6. The zero-order valence-corrected chi connectivity index (χ0v) is 24.5.